The Morgan fingerprint density at radius 3 is 2.83 bits per heavy atom. The van der Waals surface area contributed by atoms with Crippen LogP contribution in [0.5, 0.6) is 10.9 Å². The summed E-state index contributed by atoms with van der Waals surface area (Å²) in [6.45, 7) is 0. The van der Waals surface area contributed by atoms with Gasteiger partial charge in [-0.05, 0) is 28.1 Å². The topological polar surface area (TPSA) is 59.4 Å². The highest BCUT2D eigenvalue weighted by Crippen LogP contribution is 2.32. The highest BCUT2D eigenvalue weighted by Gasteiger charge is 2.17. The molecule has 1 heterocycles. The van der Waals surface area contributed by atoms with Gasteiger partial charge in [0.2, 0.25) is 0 Å². The average Bonchev–Trinajstić information content (AvgIpc) is 2.65. The summed E-state index contributed by atoms with van der Waals surface area (Å²) >= 11 is 9.40. The van der Waals surface area contributed by atoms with Crippen molar-refractivity contribution in [3.05, 3.63) is 38.5 Å². The summed E-state index contributed by atoms with van der Waals surface area (Å²) in [4.78, 5) is 14.4. The molecule has 0 fully saturated rings. The predicted octanol–water partition coefficient (Wildman–Crippen LogP) is 4.19. The fourth-order valence-corrected chi connectivity index (χ4v) is 2.34. The van der Waals surface area contributed by atoms with Crippen LogP contribution in [0.2, 0.25) is 5.15 Å². The average molecular weight is 353 g/mol. The Morgan fingerprint density at radius 1 is 1.56 bits per heavy atom. The SMILES string of the molecule is O=C(O)c1sc(Oc2ccc(Br)c(F)c2)nc1Cl. The standard InChI is InChI=1S/C10H4BrClFNO3S/c11-5-2-1-4(3-6(5)13)17-10-14-8(12)7(18-10)9(15)16/h1-3H,(H,15,16). The molecule has 0 unspecified atom stereocenters. The van der Waals surface area contributed by atoms with Crippen LogP contribution in [0.4, 0.5) is 4.39 Å². The second kappa shape index (κ2) is 5.21. The van der Waals surface area contributed by atoms with Gasteiger partial charge in [0.05, 0.1) is 4.47 Å². The lowest BCUT2D eigenvalue weighted by Gasteiger charge is -2.01. The van der Waals surface area contributed by atoms with Crippen molar-refractivity contribution in [3.8, 4) is 10.9 Å². The van der Waals surface area contributed by atoms with Crippen LogP contribution in [0.25, 0.3) is 0 Å². The van der Waals surface area contributed by atoms with Crippen molar-refractivity contribution in [3.63, 3.8) is 0 Å². The molecule has 0 atom stereocenters. The van der Waals surface area contributed by atoms with Crippen LogP contribution in [0.1, 0.15) is 9.67 Å². The van der Waals surface area contributed by atoms with E-state index in [0.717, 1.165) is 17.4 Å². The minimum Gasteiger partial charge on any atom is -0.477 e. The van der Waals surface area contributed by atoms with Gasteiger partial charge in [-0.2, -0.15) is 4.98 Å². The van der Waals surface area contributed by atoms with Gasteiger partial charge in [0.15, 0.2) is 10.0 Å². The molecule has 0 radical (unpaired) electrons. The Kier molecular flexibility index (Phi) is 3.84. The molecule has 4 nitrogen and oxygen atoms in total. The van der Waals surface area contributed by atoms with Gasteiger partial charge < -0.3 is 9.84 Å². The molecule has 0 bridgehead atoms. The van der Waals surface area contributed by atoms with Gasteiger partial charge in [0.1, 0.15) is 11.6 Å². The highest BCUT2D eigenvalue weighted by molar-refractivity contribution is 9.10. The molecule has 18 heavy (non-hydrogen) atoms. The van der Waals surface area contributed by atoms with Crippen LogP contribution in [0.3, 0.4) is 0 Å². The molecule has 0 saturated carbocycles. The zero-order chi connectivity index (χ0) is 13.3. The van der Waals surface area contributed by atoms with Crippen molar-refractivity contribution in [1.82, 2.24) is 4.98 Å². The van der Waals surface area contributed by atoms with E-state index in [1.54, 1.807) is 0 Å². The van der Waals surface area contributed by atoms with Crippen LogP contribution in [-0.4, -0.2) is 16.1 Å². The molecule has 2 aromatic rings. The smallest absolute Gasteiger partial charge is 0.349 e. The fraction of sp³-hybridized carbons (Fsp3) is 0. The molecular formula is C10H4BrClFNO3S. The third kappa shape index (κ3) is 2.80. The third-order valence-electron chi connectivity index (χ3n) is 1.86. The number of halogens is 3. The van der Waals surface area contributed by atoms with Crippen molar-refractivity contribution in [2.24, 2.45) is 0 Å². The van der Waals surface area contributed by atoms with E-state index in [0.29, 0.717) is 4.47 Å². The van der Waals surface area contributed by atoms with Crippen LogP contribution in [0, 0.1) is 5.82 Å². The molecule has 0 saturated heterocycles. The van der Waals surface area contributed by atoms with Gasteiger partial charge in [0.25, 0.3) is 5.19 Å². The summed E-state index contributed by atoms with van der Waals surface area (Å²) in [5.41, 5.74) is 0. The Hall–Kier alpha value is -1.18. The first-order valence-electron chi connectivity index (χ1n) is 4.50. The molecular weight excluding hydrogens is 349 g/mol. The first kappa shape index (κ1) is 13.3. The Bertz CT molecular complexity index is 619. The van der Waals surface area contributed by atoms with Crippen LogP contribution >= 0.6 is 38.9 Å². The number of nitrogens with zero attached hydrogens (tertiary/aromatic N) is 1. The summed E-state index contributed by atoms with van der Waals surface area (Å²) in [5, 5.41) is 8.68. The van der Waals surface area contributed by atoms with Gasteiger partial charge in [0, 0.05) is 6.07 Å². The monoisotopic (exact) mass is 351 g/mol. The number of carboxylic acids is 1. The van der Waals surface area contributed by atoms with Crippen molar-refractivity contribution in [1.29, 1.82) is 0 Å². The molecule has 94 valence electrons. The van der Waals surface area contributed by atoms with E-state index in [4.69, 9.17) is 21.4 Å². The van der Waals surface area contributed by atoms with Crippen LogP contribution in [0.15, 0.2) is 22.7 Å². The summed E-state index contributed by atoms with van der Waals surface area (Å²) in [5.74, 6) is -1.47. The molecule has 0 aliphatic heterocycles. The molecule has 1 aromatic heterocycles. The minimum atomic E-state index is -1.19. The van der Waals surface area contributed by atoms with Gasteiger partial charge in [-0.1, -0.05) is 22.9 Å². The molecule has 8 heteroatoms. The van der Waals surface area contributed by atoms with E-state index in [1.807, 2.05) is 0 Å². The first-order chi connectivity index (χ1) is 8.47. The number of hydrogen-bond acceptors (Lipinski definition) is 4. The van der Waals surface area contributed by atoms with E-state index in [-0.39, 0.29) is 21.0 Å². The molecule has 1 N–H and O–H groups in total. The van der Waals surface area contributed by atoms with Crippen LogP contribution in [-0.2, 0) is 0 Å². The number of ether oxygens (including phenoxy) is 1. The van der Waals surface area contributed by atoms with Crippen molar-refractivity contribution in [2.75, 3.05) is 0 Å². The van der Waals surface area contributed by atoms with Gasteiger partial charge >= 0.3 is 5.97 Å². The first-order valence-corrected chi connectivity index (χ1v) is 6.48. The van der Waals surface area contributed by atoms with Gasteiger partial charge in [-0.3, -0.25) is 0 Å². The number of hydrogen-bond donors (Lipinski definition) is 1. The minimum absolute atomic E-state index is 0.0409. The van der Waals surface area contributed by atoms with E-state index in [2.05, 4.69) is 20.9 Å². The zero-order valence-corrected chi connectivity index (χ0v) is 11.6. The highest BCUT2D eigenvalue weighted by atomic mass is 79.9. The second-order valence-electron chi connectivity index (χ2n) is 3.08. The third-order valence-corrected chi connectivity index (χ3v) is 3.81. The maximum atomic E-state index is 13.2. The number of thiazole rings is 1. The van der Waals surface area contributed by atoms with Crippen molar-refractivity contribution < 1.29 is 19.0 Å². The summed E-state index contributed by atoms with van der Waals surface area (Å²) in [6.07, 6.45) is 0. The van der Waals surface area contributed by atoms with E-state index in [9.17, 15) is 9.18 Å². The lowest BCUT2D eigenvalue weighted by atomic mass is 10.3. The van der Waals surface area contributed by atoms with E-state index < -0.39 is 11.8 Å². The Labute approximate surface area is 118 Å². The molecule has 0 spiro atoms. The lowest BCUT2D eigenvalue weighted by molar-refractivity contribution is 0.0702. The number of carboxylic acid groups (broad SMARTS) is 1. The normalized spacial score (nSPS) is 10.4. The molecule has 0 amide bonds. The Morgan fingerprint density at radius 2 is 2.28 bits per heavy atom. The molecule has 1 aromatic carbocycles. The summed E-state index contributed by atoms with van der Waals surface area (Å²) in [7, 11) is 0. The molecule has 0 aliphatic carbocycles. The fourth-order valence-electron chi connectivity index (χ4n) is 1.10. The van der Waals surface area contributed by atoms with E-state index >= 15 is 0 Å². The zero-order valence-electron chi connectivity index (χ0n) is 8.49. The maximum absolute atomic E-state index is 13.2. The van der Waals surface area contributed by atoms with Gasteiger partial charge in [-0.25, -0.2) is 9.18 Å². The lowest BCUT2D eigenvalue weighted by Crippen LogP contribution is -1.91. The number of rotatable bonds is 3. The molecule has 0 aliphatic rings. The molecule has 2 rings (SSSR count). The summed E-state index contributed by atoms with van der Waals surface area (Å²) in [6, 6.07) is 4.14. The quantitative estimate of drug-likeness (QED) is 0.900. The predicted molar refractivity (Wildman–Crippen MR) is 68.3 cm³/mol. The van der Waals surface area contributed by atoms with E-state index in [1.165, 1.54) is 12.1 Å². The maximum Gasteiger partial charge on any atom is 0.349 e. The number of carbonyl (C=O) groups is 1. The summed E-state index contributed by atoms with van der Waals surface area (Å²) < 4.78 is 18.8. The second-order valence-corrected chi connectivity index (χ2v) is 5.26. The van der Waals surface area contributed by atoms with Crippen molar-refractivity contribution in [2.45, 2.75) is 0 Å². The largest absolute Gasteiger partial charge is 0.477 e. The number of aromatic carboxylic acids is 1. The van der Waals surface area contributed by atoms with Crippen LogP contribution < -0.4 is 4.74 Å². The number of benzene rings is 1. The Balaban J connectivity index is 2.26. The number of aromatic nitrogens is 1. The van der Waals surface area contributed by atoms with Crippen molar-refractivity contribution >= 4 is 44.8 Å². The van der Waals surface area contributed by atoms with Gasteiger partial charge in [-0.15, -0.1) is 0 Å².